The molecule has 5 heteroatoms. The minimum atomic E-state index is -4.28. The van der Waals surface area contributed by atoms with E-state index in [1.54, 1.807) is 0 Å². The normalized spacial score (nSPS) is 10.7. The molecule has 0 aliphatic heterocycles. The molecule has 0 aliphatic rings. The van der Waals surface area contributed by atoms with Crippen LogP contribution in [0, 0.1) is 0 Å². The summed E-state index contributed by atoms with van der Waals surface area (Å²) in [5, 5.41) is 0. The first kappa shape index (κ1) is 6.64. The van der Waals surface area contributed by atoms with Crippen molar-refractivity contribution in [3.05, 3.63) is 12.8 Å². The molecule has 0 heterocycles. The SMILES string of the molecule is C=CO[Si](O)(O)O. The van der Waals surface area contributed by atoms with Crippen molar-refractivity contribution in [2.45, 2.75) is 0 Å². The smallest absolute Gasteiger partial charge is 0.488 e. The summed E-state index contributed by atoms with van der Waals surface area (Å²) >= 11 is 0. The van der Waals surface area contributed by atoms with Gasteiger partial charge in [0.25, 0.3) is 0 Å². The standard InChI is InChI=1S/C2H6O4Si/c1-2-6-7(3,4)5/h2-5H,1H2. The average molecular weight is 122 g/mol. The van der Waals surface area contributed by atoms with E-state index in [9.17, 15) is 0 Å². The second-order valence-electron chi connectivity index (χ2n) is 0.858. The molecule has 0 aliphatic carbocycles. The van der Waals surface area contributed by atoms with E-state index in [2.05, 4.69) is 11.0 Å². The van der Waals surface area contributed by atoms with Gasteiger partial charge in [0.05, 0.1) is 6.26 Å². The summed E-state index contributed by atoms with van der Waals surface area (Å²) in [5.41, 5.74) is 0. The van der Waals surface area contributed by atoms with Crippen molar-refractivity contribution in [1.29, 1.82) is 0 Å². The highest BCUT2D eigenvalue weighted by Crippen LogP contribution is 1.85. The third-order valence-corrected chi connectivity index (χ3v) is 0.724. The molecule has 0 aromatic heterocycles. The molecule has 4 nitrogen and oxygen atoms in total. The molecule has 0 radical (unpaired) electrons. The quantitative estimate of drug-likeness (QED) is 0.310. The molecule has 0 spiro atoms. The first-order valence-electron chi connectivity index (χ1n) is 1.52. The molecule has 3 N–H and O–H groups in total. The van der Waals surface area contributed by atoms with E-state index in [0.717, 1.165) is 6.26 Å². The number of hydrogen-bond acceptors (Lipinski definition) is 4. The molecule has 0 saturated carbocycles. The molecule has 0 atom stereocenters. The van der Waals surface area contributed by atoms with Crippen LogP contribution in [0.3, 0.4) is 0 Å². The number of hydrogen-bond donors (Lipinski definition) is 3. The van der Waals surface area contributed by atoms with Gasteiger partial charge in [-0.1, -0.05) is 6.58 Å². The van der Waals surface area contributed by atoms with Crippen LogP contribution < -0.4 is 0 Å². The molecule has 0 amide bonds. The van der Waals surface area contributed by atoms with Gasteiger partial charge in [0, 0.05) is 0 Å². The second kappa shape index (κ2) is 2.08. The lowest BCUT2D eigenvalue weighted by Gasteiger charge is -2.04. The van der Waals surface area contributed by atoms with E-state index in [1.165, 1.54) is 0 Å². The summed E-state index contributed by atoms with van der Waals surface area (Å²) in [5.74, 6) is 0. The highest BCUT2D eigenvalue weighted by atomic mass is 28.4. The van der Waals surface area contributed by atoms with E-state index in [1.807, 2.05) is 0 Å². The summed E-state index contributed by atoms with van der Waals surface area (Å²) in [4.78, 5) is 23.9. The summed E-state index contributed by atoms with van der Waals surface area (Å²) in [6.07, 6.45) is 0.770. The summed E-state index contributed by atoms with van der Waals surface area (Å²) in [7, 11) is -4.28. The fourth-order valence-corrected chi connectivity index (χ4v) is 0.335. The summed E-state index contributed by atoms with van der Waals surface area (Å²) in [6, 6.07) is 0. The highest BCUT2D eigenvalue weighted by molar-refractivity contribution is 6.48. The zero-order valence-corrected chi connectivity index (χ0v) is 4.53. The average Bonchev–Trinajstić information content (AvgIpc) is 1.30. The largest absolute Gasteiger partial charge is 0.740 e. The van der Waals surface area contributed by atoms with Gasteiger partial charge in [-0.05, 0) is 0 Å². The maximum absolute atomic E-state index is 7.97. The summed E-state index contributed by atoms with van der Waals surface area (Å²) in [6.45, 7) is 2.98. The summed E-state index contributed by atoms with van der Waals surface area (Å²) < 4.78 is 3.80. The van der Waals surface area contributed by atoms with Gasteiger partial charge in [-0.25, -0.2) is 0 Å². The van der Waals surface area contributed by atoms with Gasteiger partial charge < -0.3 is 18.8 Å². The highest BCUT2D eigenvalue weighted by Gasteiger charge is 2.30. The predicted molar refractivity (Wildman–Crippen MR) is 23.7 cm³/mol. The lowest BCUT2D eigenvalue weighted by molar-refractivity contribution is 0.106. The van der Waals surface area contributed by atoms with Gasteiger partial charge in [-0.15, -0.1) is 0 Å². The van der Waals surface area contributed by atoms with Crippen LogP contribution in [0.1, 0.15) is 0 Å². The minimum Gasteiger partial charge on any atom is -0.488 e. The molecule has 0 bridgehead atoms. The Hall–Kier alpha value is -0.363. The zero-order chi connectivity index (χ0) is 5.91. The van der Waals surface area contributed by atoms with Crippen molar-refractivity contribution >= 4 is 9.05 Å². The van der Waals surface area contributed by atoms with Crippen molar-refractivity contribution < 1.29 is 18.8 Å². The van der Waals surface area contributed by atoms with Crippen molar-refractivity contribution in [2.24, 2.45) is 0 Å². The molecule has 0 aromatic carbocycles. The Morgan fingerprint density at radius 3 is 1.86 bits per heavy atom. The van der Waals surface area contributed by atoms with Crippen LogP contribution in [0.25, 0.3) is 0 Å². The third-order valence-electron chi connectivity index (χ3n) is 0.241. The van der Waals surface area contributed by atoms with Crippen molar-refractivity contribution in [1.82, 2.24) is 0 Å². The first-order valence-corrected chi connectivity index (χ1v) is 3.27. The molecule has 42 valence electrons. The Kier molecular flexibility index (Phi) is 1.97. The first-order chi connectivity index (χ1) is 3.06. The molecule has 0 rings (SSSR count). The second-order valence-corrected chi connectivity index (χ2v) is 2.24. The van der Waals surface area contributed by atoms with E-state index in [4.69, 9.17) is 14.4 Å². The van der Waals surface area contributed by atoms with Crippen LogP contribution in [0.5, 0.6) is 0 Å². The van der Waals surface area contributed by atoms with E-state index in [0.29, 0.717) is 0 Å². The van der Waals surface area contributed by atoms with Gasteiger partial charge in [0.15, 0.2) is 0 Å². The van der Waals surface area contributed by atoms with Crippen LogP contribution in [0.15, 0.2) is 12.8 Å². The lowest BCUT2D eigenvalue weighted by Crippen LogP contribution is -2.36. The van der Waals surface area contributed by atoms with E-state index < -0.39 is 9.05 Å². The Labute approximate surface area is 41.8 Å². The van der Waals surface area contributed by atoms with Crippen molar-refractivity contribution in [3.8, 4) is 0 Å². The van der Waals surface area contributed by atoms with E-state index >= 15 is 0 Å². The van der Waals surface area contributed by atoms with Crippen LogP contribution in [0.4, 0.5) is 0 Å². The molecule has 0 saturated heterocycles. The van der Waals surface area contributed by atoms with Crippen molar-refractivity contribution in [2.75, 3.05) is 0 Å². The van der Waals surface area contributed by atoms with Gasteiger partial charge in [0.1, 0.15) is 0 Å². The molecule has 0 aromatic rings. The third kappa shape index (κ3) is 5.64. The monoisotopic (exact) mass is 122 g/mol. The fraction of sp³-hybridized carbons (Fsp3) is 0. The zero-order valence-electron chi connectivity index (χ0n) is 3.53. The van der Waals surface area contributed by atoms with Crippen LogP contribution in [-0.4, -0.2) is 23.4 Å². The topological polar surface area (TPSA) is 69.9 Å². The predicted octanol–water partition coefficient (Wildman–Crippen LogP) is -1.44. The van der Waals surface area contributed by atoms with Gasteiger partial charge in [-0.3, -0.25) is 0 Å². The van der Waals surface area contributed by atoms with Crippen LogP contribution >= 0.6 is 0 Å². The van der Waals surface area contributed by atoms with Gasteiger partial charge in [-0.2, -0.15) is 0 Å². The molecular formula is C2H6O4Si. The molecule has 0 fully saturated rings. The Morgan fingerprint density at radius 1 is 1.43 bits per heavy atom. The van der Waals surface area contributed by atoms with Gasteiger partial charge in [0.2, 0.25) is 0 Å². The Balaban J connectivity index is 3.34. The van der Waals surface area contributed by atoms with Gasteiger partial charge >= 0.3 is 9.05 Å². The van der Waals surface area contributed by atoms with Crippen LogP contribution in [-0.2, 0) is 4.43 Å². The Bertz CT molecular complexity index is 64.6. The maximum Gasteiger partial charge on any atom is 0.740 e. The molecule has 7 heavy (non-hydrogen) atoms. The number of rotatable bonds is 2. The minimum absolute atomic E-state index is 0.770. The van der Waals surface area contributed by atoms with Crippen molar-refractivity contribution in [3.63, 3.8) is 0 Å². The molecular weight excluding hydrogens is 116 g/mol. The molecule has 0 unspecified atom stereocenters. The maximum atomic E-state index is 7.97. The fourth-order valence-electron chi connectivity index (χ4n) is 0.112. The van der Waals surface area contributed by atoms with E-state index in [-0.39, 0.29) is 0 Å². The van der Waals surface area contributed by atoms with Crippen LogP contribution in [0.2, 0.25) is 0 Å². The lowest BCUT2D eigenvalue weighted by atomic mass is 11.2. The Morgan fingerprint density at radius 2 is 1.86 bits per heavy atom.